The molecule has 7 nitrogen and oxygen atoms in total. The van der Waals surface area contributed by atoms with Crippen molar-refractivity contribution in [2.24, 2.45) is 22.2 Å². The molecule has 8 heteroatoms. The number of hydrogen-bond acceptors (Lipinski definition) is 5. The number of ether oxygens (including phenoxy) is 2. The van der Waals surface area contributed by atoms with Crippen molar-refractivity contribution in [2.75, 3.05) is 20.5 Å². The van der Waals surface area contributed by atoms with E-state index in [4.69, 9.17) is 32.1 Å². The largest absolute Gasteiger partial charge is 0.497 e. The highest BCUT2D eigenvalue weighted by atomic mass is 32.2. The molecule has 20 heavy (non-hydrogen) atoms. The second-order valence-electron chi connectivity index (χ2n) is 3.49. The standard InChI is InChI=1S/C10H15N3O2.C2H6N2S/c1-14-8-4-3-7(6-13-10(11)12)9(5-8)15-2;1-5-2(3)4/h3-5H,6H2,1-2H3,(H4,11,12,13);1H3,(H3,3,4). The molecule has 1 aromatic rings. The van der Waals surface area contributed by atoms with Gasteiger partial charge in [0.05, 0.1) is 20.8 Å². The number of thioether (sulfide) groups is 1. The van der Waals surface area contributed by atoms with Gasteiger partial charge in [-0.25, -0.2) is 4.99 Å². The highest BCUT2D eigenvalue weighted by Gasteiger charge is 2.03. The van der Waals surface area contributed by atoms with Crippen LogP contribution in [0.1, 0.15) is 5.56 Å². The molecule has 0 aliphatic carbocycles. The maximum Gasteiger partial charge on any atom is 0.186 e. The fourth-order valence-electron chi connectivity index (χ4n) is 1.16. The van der Waals surface area contributed by atoms with E-state index in [2.05, 4.69) is 4.99 Å². The minimum atomic E-state index is 0.0628. The van der Waals surface area contributed by atoms with Crippen LogP contribution in [0, 0.1) is 5.41 Å². The zero-order chi connectivity index (χ0) is 15.5. The normalized spacial score (nSPS) is 8.95. The topological polar surface area (TPSA) is 133 Å². The molecule has 0 atom stereocenters. The lowest BCUT2D eigenvalue weighted by Crippen LogP contribution is -2.22. The summed E-state index contributed by atoms with van der Waals surface area (Å²) in [5.41, 5.74) is 16.2. The summed E-state index contributed by atoms with van der Waals surface area (Å²) in [7, 11) is 3.19. The Morgan fingerprint density at radius 3 is 2.25 bits per heavy atom. The number of nitrogens with one attached hydrogen (secondary N) is 1. The van der Waals surface area contributed by atoms with Crippen LogP contribution in [0.4, 0.5) is 0 Å². The second kappa shape index (κ2) is 9.79. The molecule has 0 aromatic heterocycles. The third-order valence-electron chi connectivity index (χ3n) is 2.15. The molecule has 0 bridgehead atoms. The summed E-state index contributed by atoms with van der Waals surface area (Å²) in [5, 5.41) is 6.66. The zero-order valence-electron chi connectivity index (χ0n) is 11.8. The van der Waals surface area contributed by atoms with Crippen LogP contribution in [-0.4, -0.2) is 31.6 Å². The van der Waals surface area contributed by atoms with Gasteiger partial charge in [-0.1, -0.05) is 11.8 Å². The van der Waals surface area contributed by atoms with Gasteiger partial charge in [-0.15, -0.1) is 0 Å². The van der Waals surface area contributed by atoms with Crippen molar-refractivity contribution < 1.29 is 9.47 Å². The van der Waals surface area contributed by atoms with Crippen LogP contribution < -0.4 is 26.7 Å². The van der Waals surface area contributed by atoms with Gasteiger partial charge in [-0.2, -0.15) is 0 Å². The lowest BCUT2D eigenvalue weighted by atomic mass is 10.2. The Hall–Kier alpha value is -2.09. The number of rotatable bonds is 4. The minimum Gasteiger partial charge on any atom is -0.497 e. The van der Waals surface area contributed by atoms with Crippen LogP contribution in [0.15, 0.2) is 23.2 Å². The zero-order valence-corrected chi connectivity index (χ0v) is 12.7. The van der Waals surface area contributed by atoms with Gasteiger partial charge in [0, 0.05) is 11.6 Å². The van der Waals surface area contributed by atoms with Crippen molar-refractivity contribution in [2.45, 2.75) is 6.54 Å². The summed E-state index contributed by atoms with van der Waals surface area (Å²) in [4.78, 5) is 3.91. The first-order chi connectivity index (χ1) is 9.44. The summed E-state index contributed by atoms with van der Waals surface area (Å²) in [6.07, 6.45) is 1.77. The molecule has 0 spiro atoms. The Balaban J connectivity index is 0.000000621. The first-order valence-electron chi connectivity index (χ1n) is 5.58. The van der Waals surface area contributed by atoms with Crippen molar-refractivity contribution >= 4 is 22.9 Å². The molecular weight excluding hydrogens is 278 g/mol. The Morgan fingerprint density at radius 2 is 1.85 bits per heavy atom. The van der Waals surface area contributed by atoms with E-state index >= 15 is 0 Å². The number of methoxy groups -OCH3 is 2. The van der Waals surface area contributed by atoms with Crippen LogP contribution in [0.2, 0.25) is 0 Å². The number of nitrogens with two attached hydrogens (primary N) is 3. The number of amidine groups is 1. The van der Waals surface area contributed by atoms with Gasteiger partial charge in [-0.3, -0.25) is 5.41 Å². The van der Waals surface area contributed by atoms with Gasteiger partial charge < -0.3 is 26.7 Å². The van der Waals surface area contributed by atoms with Crippen LogP contribution in [0.25, 0.3) is 0 Å². The highest BCUT2D eigenvalue weighted by molar-refractivity contribution is 8.13. The van der Waals surface area contributed by atoms with Gasteiger partial charge in [0.2, 0.25) is 0 Å². The van der Waals surface area contributed by atoms with Crippen molar-refractivity contribution in [3.05, 3.63) is 23.8 Å². The lowest BCUT2D eigenvalue weighted by Gasteiger charge is -2.08. The summed E-state index contributed by atoms with van der Waals surface area (Å²) in [5.74, 6) is 1.51. The van der Waals surface area contributed by atoms with E-state index in [9.17, 15) is 0 Å². The summed E-state index contributed by atoms with van der Waals surface area (Å²) in [6, 6.07) is 5.49. The van der Waals surface area contributed by atoms with E-state index in [1.807, 2.05) is 12.1 Å². The number of aliphatic imine (C=N–C) groups is 1. The Kier molecular flexibility index (Phi) is 8.77. The fraction of sp³-hybridized carbons (Fsp3) is 0.333. The second-order valence-corrected chi connectivity index (χ2v) is 4.34. The molecule has 0 radical (unpaired) electrons. The molecule has 0 amide bonds. The predicted octanol–water partition coefficient (Wildman–Crippen LogP) is 0.720. The molecule has 1 aromatic carbocycles. The third kappa shape index (κ3) is 7.37. The van der Waals surface area contributed by atoms with E-state index in [1.54, 1.807) is 26.5 Å². The van der Waals surface area contributed by atoms with E-state index in [0.29, 0.717) is 12.3 Å². The van der Waals surface area contributed by atoms with Gasteiger partial charge in [0.1, 0.15) is 11.5 Å². The van der Waals surface area contributed by atoms with Gasteiger partial charge in [0.15, 0.2) is 11.1 Å². The molecule has 0 saturated heterocycles. The quantitative estimate of drug-likeness (QED) is 0.478. The molecule has 1 rings (SSSR count). The number of guanidine groups is 1. The van der Waals surface area contributed by atoms with Gasteiger partial charge in [0.25, 0.3) is 0 Å². The smallest absolute Gasteiger partial charge is 0.186 e. The average molecular weight is 299 g/mol. The highest BCUT2D eigenvalue weighted by Crippen LogP contribution is 2.24. The van der Waals surface area contributed by atoms with Gasteiger partial charge >= 0.3 is 0 Å². The molecule has 0 heterocycles. The van der Waals surface area contributed by atoms with E-state index in [1.165, 1.54) is 11.8 Å². The molecule has 7 N–H and O–H groups in total. The van der Waals surface area contributed by atoms with Crippen LogP contribution in [0.3, 0.4) is 0 Å². The first-order valence-corrected chi connectivity index (χ1v) is 6.81. The van der Waals surface area contributed by atoms with Crippen molar-refractivity contribution in [1.82, 2.24) is 0 Å². The first kappa shape index (κ1) is 17.9. The minimum absolute atomic E-state index is 0.0628. The van der Waals surface area contributed by atoms with Gasteiger partial charge in [-0.05, 0) is 18.4 Å². The molecular formula is C12H21N5O2S. The van der Waals surface area contributed by atoms with Crippen LogP contribution >= 0.6 is 11.8 Å². The molecule has 0 aliphatic rings. The molecule has 0 saturated carbocycles. The SMILES string of the molecule is COc1ccc(CN=C(N)N)c(OC)c1.CSC(=N)N. The monoisotopic (exact) mass is 299 g/mol. The molecule has 0 unspecified atom stereocenters. The summed E-state index contributed by atoms with van der Waals surface area (Å²) >= 11 is 1.24. The Morgan fingerprint density at radius 1 is 1.25 bits per heavy atom. The number of nitrogens with zero attached hydrogens (tertiary/aromatic N) is 1. The van der Waals surface area contributed by atoms with Crippen molar-refractivity contribution in [3.8, 4) is 11.5 Å². The number of hydrogen-bond donors (Lipinski definition) is 4. The van der Waals surface area contributed by atoms with Crippen molar-refractivity contribution in [3.63, 3.8) is 0 Å². The van der Waals surface area contributed by atoms with Crippen LogP contribution in [-0.2, 0) is 6.54 Å². The molecule has 0 aliphatic heterocycles. The Labute approximate surface area is 123 Å². The number of benzene rings is 1. The maximum absolute atomic E-state index is 6.48. The predicted molar refractivity (Wildman–Crippen MR) is 84.5 cm³/mol. The van der Waals surface area contributed by atoms with E-state index in [-0.39, 0.29) is 11.1 Å². The Bertz CT molecular complexity index is 461. The average Bonchev–Trinajstić information content (AvgIpc) is 2.45. The fourth-order valence-corrected chi connectivity index (χ4v) is 1.16. The maximum atomic E-state index is 6.48. The molecule has 112 valence electrons. The third-order valence-corrected chi connectivity index (χ3v) is 2.59. The summed E-state index contributed by atoms with van der Waals surface area (Å²) < 4.78 is 10.3. The van der Waals surface area contributed by atoms with Crippen molar-refractivity contribution in [1.29, 1.82) is 5.41 Å². The van der Waals surface area contributed by atoms with E-state index < -0.39 is 0 Å². The van der Waals surface area contributed by atoms with E-state index in [0.717, 1.165) is 11.3 Å². The lowest BCUT2D eigenvalue weighted by molar-refractivity contribution is 0.391. The summed E-state index contributed by atoms with van der Waals surface area (Å²) in [6.45, 7) is 0.398. The molecule has 0 fully saturated rings. The van der Waals surface area contributed by atoms with Crippen LogP contribution in [0.5, 0.6) is 11.5 Å².